The van der Waals surface area contributed by atoms with Gasteiger partial charge in [-0.2, -0.15) is 0 Å². The summed E-state index contributed by atoms with van der Waals surface area (Å²) >= 11 is 0. The standard InChI is InChI=1S/C21H28N2O2/c1-15-11-16(2)13-19(12-15)25-10-9-23(5)14-21(24)22-20-8-6-7-17(3)18(20)4/h6-8,11-13H,9-10,14H2,1-5H3,(H,22,24)/p+1. The number of quaternary nitrogens is 1. The first kappa shape index (κ1) is 19.0. The number of benzene rings is 2. The second kappa shape index (κ2) is 8.67. The summed E-state index contributed by atoms with van der Waals surface area (Å²) in [5, 5.41) is 3.00. The van der Waals surface area contributed by atoms with Gasteiger partial charge in [0, 0.05) is 5.69 Å². The fraction of sp³-hybridized carbons (Fsp3) is 0.381. The Kier molecular flexibility index (Phi) is 6.59. The molecule has 0 bridgehead atoms. The Morgan fingerprint density at radius 2 is 1.76 bits per heavy atom. The van der Waals surface area contributed by atoms with Crippen molar-refractivity contribution in [3.63, 3.8) is 0 Å². The van der Waals surface area contributed by atoms with Crippen LogP contribution in [0.3, 0.4) is 0 Å². The van der Waals surface area contributed by atoms with Crippen LogP contribution in [0.1, 0.15) is 22.3 Å². The third-order valence-corrected chi connectivity index (χ3v) is 4.33. The molecule has 2 aromatic rings. The zero-order valence-electron chi connectivity index (χ0n) is 15.9. The summed E-state index contributed by atoms with van der Waals surface area (Å²) in [4.78, 5) is 13.4. The number of amides is 1. The van der Waals surface area contributed by atoms with E-state index in [0.717, 1.165) is 28.4 Å². The van der Waals surface area contributed by atoms with Crippen molar-refractivity contribution in [2.24, 2.45) is 0 Å². The minimum atomic E-state index is 0.0256. The summed E-state index contributed by atoms with van der Waals surface area (Å²) in [6.07, 6.45) is 0. The molecule has 0 aromatic heterocycles. The molecule has 0 fully saturated rings. The molecular formula is C21H29N2O2+. The molecule has 0 spiro atoms. The summed E-state index contributed by atoms with van der Waals surface area (Å²) in [6, 6.07) is 12.2. The number of hydrogen-bond donors (Lipinski definition) is 2. The van der Waals surface area contributed by atoms with Gasteiger partial charge in [-0.3, -0.25) is 4.79 Å². The van der Waals surface area contributed by atoms with Crippen molar-refractivity contribution in [3.05, 3.63) is 58.7 Å². The Labute approximate surface area is 150 Å². The number of rotatable bonds is 7. The Bertz CT molecular complexity index is 720. The molecule has 1 unspecified atom stereocenters. The van der Waals surface area contributed by atoms with Gasteiger partial charge in [0.05, 0.1) is 7.05 Å². The Balaban J connectivity index is 1.78. The largest absolute Gasteiger partial charge is 0.488 e. The number of anilines is 1. The predicted octanol–water partition coefficient (Wildman–Crippen LogP) is 2.45. The summed E-state index contributed by atoms with van der Waals surface area (Å²) in [6.45, 7) is 9.98. The minimum absolute atomic E-state index is 0.0256. The van der Waals surface area contributed by atoms with Crippen molar-refractivity contribution >= 4 is 11.6 Å². The van der Waals surface area contributed by atoms with Crippen LogP contribution < -0.4 is 15.0 Å². The van der Waals surface area contributed by atoms with Gasteiger partial charge >= 0.3 is 0 Å². The van der Waals surface area contributed by atoms with Crippen molar-refractivity contribution in [1.29, 1.82) is 0 Å². The number of nitrogens with one attached hydrogen (secondary N) is 2. The van der Waals surface area contributed by atoms with E-state index in [-0.39, 0.29) is 5.91 Å². The van der Waals surface area contributed by atoms with Gasteiger partial charge in [0.1, 0.15) is 18.9 Å². The maximum Gasteiger partial charge on any atom is 0.279 e. The van der Waals surface area contributed by atoms with E-state index in [9.17, 15) is 4.79 Å². The third-order valence-electron chi connectivity index (χ3n) is 4.33. The maximum atomic E-state index is 12.2. The van der Waals surface area contributed by atoms with Crippen LogP contribution in [-0.4, -0.2) is 32.7 Å². The van der Waals surface area contributed by atoms with Crippen LogP contribution in [0.25, 0.3) is 0 Å². The van der Waals surface area contributed by atoms with Gasteiger partial charge in [-0.25, -0.2) is 0 Å². The first-order valence-corrected chi connectivity index (χ1v) is 8.73. The van der Waals surface area contributed by atoms with Crippen LogP contribution >= 0.6 is 0 Å². The molecule has 1 atom stereocenters. The van der Waals surface area contributed by atoms with E-state index in [2.05, 4.69) is 25.2 Å². The Hall–Kier alpha value is -2.33. The van der Waals surface area contributed by atoms with E-state index < -0.39 is 0 Å². The number of likely N-dealkylation sites (N-methyl/N-ethyl adjacent to an activating group) is 1. The molecule has 2 rings (SSSR count). The number of carbonyl (C=O) groups is 1. The van der Waals surface area contributed by atoms with Crippen molar-refractivity contribution in [2.45, 2.75) is 27.7 Å². The Morgan fingerprint density at radius 1 is 1.08 bits per heavy atom. The molecule has 134 valence electrons. The van der Waals surface area contributed by atoms with Crippen molar-refractivity contribution < 1.29 is 14.4 Å². The van der Waals surface area contributed by atoms with E-state index in [1.54, 1.807) is 0 Å². The van der Waals surface area contributed by atoms with Crippen LogP contribution in [0, 0.1) is 27.7 Å². The molecule has 25 heavy (non-hydrogen) atoms. The second-order valence-corrected chi connectivity index (χ2v) is 6.85. The number of hydrogen-bond acceptors (Lipinski definition) is 2. The van der Waals surface area contributed by atoms with Gasteiger partial charge in [0.15, 0.2) is 6.54 Å². The van der Waals surface area contributed by atoms with Crippen molar-refractivity contribution in [1.82, 2.24) is 0 Å². The monoisotopic (exact) mass is 341 g/mol. The van der Waals surface area contributed by atoms with Gasteiger partial charge in [-0.1, -0.05) is 18.2 Å². The molecule has 0 saturated carbocycles. The predicted molar refractivity (Wildman–Crippen MR) is 103 cm³/mol. The highest BCUT2D eigenvalue weighted by Gasteiger charge is 2.12. The highest BCUT2D eigenvalue weighted by molar-refractivity contribution is 5.92. The molecule has 0 heterocycles. The zero-order chi connectivity index (χ0) is 18.4. The zero-order valence-corrected chi connectivity index (χ0v) is 15.9. The average molecular weight is 341 g/mol. The molecule has 0 aliphatic carbocycles. The van der Waals surface area contributed by atoms with E-state index >= 15 is 0 Å². The van der Waals surface area contributed by atoms with Crippen LogP contribution in [0.4, 0.5) is 5.69 Å². The fourth-order valence-corrected chi connectivity index (χ4v) is 2.80. The van der Waals surface area contributed by atoms with Crippen LogP contribution in [0.2, 0.25) is 0 Å². The molecule has 4 heteroatoms. The molecule has 2 aromatic carbocycles. The van der Waals surface area contributed by atoms with E-state index in [0.29, 0.717) is 13.2 Å². The molecule has 0 saturated heterocycles. The molecule has 1 amide bonds. The van der Waals surface area contributed by atoms with Crippen molar-refractivity contribution in [2.75, 3.05) is 32.1 Å². The lowest BCUT2D eigenvalue weighted by Crippen LogP contribution is -3.10. The number of ether oxygens (including phenoxy) is 1. The van der Waals surface area contributed by atoms with Gasteiger partial charge in [0.25, 0.3) is 5.91 Å². The fourth-order valence-electron chi connectivity index (χ4n) is 2.80. The quantitative estimate of drug-likeness (QED) is 0.812. The number of carbonyl (C=O) groups excluding carboxylic acids is 1. The lowest BCUT2D eigenvalue weighted by Gasteiger charge is -2.16. The van der Waals surface area contributed by atoms with Gasteiger partial charge in [-0.05, 0) is 68.1 Å². The Morgan fingerprint density at radius 3 is 2.44 bits per heavy atom. The second-order valence-electron chi connectivity index (χ2n) is 6.85. The van der Waals surface area contributed by atoms with Gasteiger partial charge < -0.3 is 15.0 Å². The van der Waals surface area contributed by atoms with Crippen LogP contribution in [0.15, 0.2) is 36.4 Å². The molecule has 4 nitrogen and oxygen atoms in total. The van der Waals surface area contributed by atoms with Crippen molar-refractivity contribution in [3.8, 4) is 5.75 Å². The van der Waals surface area contributed by atoms with E-state index in [4.69, 9.17) is 4.74 Å². The average Bonchev–Trinajstić information content (AvgIpc) is 2.51. The topological polar surface area (TPSA) is 42.8 Å². The van der Waals surface area contributed by atoms with E-state index in [1.807, 2.05) is 51.2 Å². The third kappa shape index (κ3) is 5.91. The summed E-state index contributed by atoms with van der Waals surface area (Å²) in [5.41, 5.74) is 5.59. The molecule has 2 N–H and O–H groups in total. The van der Waals surface area contributed by atoms with Crippen LogP contribution in [-0.2, 0) is 4.79 Å². The minimum Gasteiger partial charge on any atom is -0.488 e. The SMILES string of the molecule is Cc1cc(C)cc(OCC[NH+](C)CC(=O)Nc2cccc(C)c2C)c1. The highest BCUT2D eigenvalue weighted by atomic mass is 16.5. The van der Waals surface area contributed by atoms with Crippen LogP contribution in [0.5, 0.6) is 5.75 Å². The highest BCUT2D eigenvalue weighted by Crippen LogP contribution is 2.17. The lowest BCUT2D eigenvalue weighted by atomic mass is 10.1. The van der Waals surface area contributed by atoms with E-state index in [1.165, 1.54) is 16.7 Å². The first-order chi connectivity index (χ1) is 11.8. The smallest absolute Gasteiger partial charge is 0.279 e. The summed E-state index contributed by atoms with van der Waals surface area (Å²) < 4.78 is 5.82. The summed E-state index contributed by atoms with van der Waals surface area (Å²) in [7, 11) is 2.01. The van der Waals surface area contributed by atoms with Gasteiger partial charge in [0.2, 0.25) is 0 Å². The molecule has 0 radical (unpaired) electrons. The molecule has 0 aliphatic heterocycles. The number of aryl methyl sites for hydroxylation is 3. The van der Waals surface area contributed by atoms with Gasteiger partial charge in [-0.15, -0.1) is 0 Å². The normalized spacial score (nSPS) is 11.9. The first-order valence-electron chi connectivity index (χ1n) is 8.73. The maximum absolute atomic E-state index is 12.2. The lowest BCUT2D eigenvalue weighted by molar-refractivity contribution is -0.871. The molecule has 0 aliphatic rings. The molecular weight excluding hydrogens is 312 g/mol. The summed E-state index contributed by atoms with van der Waals surface area (Å²) in [5.74, 6) is 0.919.